The highest BCUT2D eigenvalue weighted by Crippen LogP contribution is 2.46. The Morgan fingerprint density at radius 1 is 1.11 bits per heavy atom. The topological polar surface area (TPSA) is 83.1 Å². The number of hydrogen-bond acceptors (Lipinski definition) is 6. The van der Waals surface area contributed by atoms with Crippen molar-refractivity contribution >= 4 is 28.1 Å². The molecule has 0 unspecified atom stereocenters. The summed E-state index contributed by atoms with van der Waals surface area (Å²) in [5, 5.41) is 9.83. The van der Waals surface area contributed by atoms with E-state index in [0.717, 1.165) is 5.69 Å². The lowest BCUT2D eigenvalue weighted by atomic mass is 9.94. The van der Waals surface area contributed by atoms with E-state index in [-0.39, 0.29) is 17.2 Å². The molecule has 2 aromatic carbocycles. The van der Waals surface area contributed by atoms with Crippen LogP contribution >= 0.6 is 11.3 Å². The van der Waals surface area contributed by atoms with Crippen LogP contribution in [0.2, 0.25) is 0 Å². The first-order chi connectivity index (χ1) is 17.6. The molecule has 37 heavy (non-hydrogen) atoms. The van der Waals surface area contributed by atoms with Gasteiger partial charge < -0.3 is 15.0 Å². The highest BCUT2D eigenvalue weighted by atomic mass is 32.1. The molecule has 7 nitrogen and oxygen atoms in total. The maximum atomic E-state index is 14.0. The van der Waals surface area contributed by atoms with Crippen LogP contribution in [-0.4, -0.2) is 39.8 Å². The van der Waals surface area contributed by atoms with E-state index < -0.39 is 17.4 Å². The Kier molecular flexibility index (Phi) is 5.30. The summed E-state index contributed by atoms with van der Waals surface area (Å²) in [5.41, 5.74) is 1.09. The summed E-state index contributed by atoms with van der Waals surface area (Å²) in [6.45, 7) is 4.70. The Morgan fingerprint density at radius 3 is 2.65 bits per heavy atom. The van der Waals surface area contributed by atoms with Gasteiger partial charge in [-0.1, -0.05) is 47.7 Å². The summed E-state index contributed by atoms with van der Waals surface area (Å²) < 4.78 is 47.9. The Labute approximate surface area is 214 Å². The number of carbonyl (C=O) groups is 1. The van der Waals surface area contributed by atoms with Gasteiger partial charge >= 0.3 is 6.18 Å². The number of alkyl halides is 3. The number of ether oxygens (including phenoxy) is 1. The standard InChI is InChI=1S/C26H22F3N5O2S/c1-25(2)13-16-21(23(35)31-25)37-24(30-16)34-10-11-36-18-9-8-15(12-17(18)34)19-20(14-6-4-3-5-7-14)32-33-22(19)26(27,28)29/h3-9,12H,10-11,13H2,1-2H3,(H,31,35)(H,32,33). The molecule has 4 heterocycles. The summed E-state index contributed by atoms with van der Waals surface area (Å²) in [6, 6.07) is 13.7. The fourth-order valence-corrected chi connectivity index (χ4v) is 5.81. The number of thiazole rings is 1. The van der Waals surface area contributed by atoms with E-state index in [1.807, 2.05) is 18.7 Å². The average molecular weight is 526 g/mol. The van der Waals surface area contributed by atoms with Crippen molar-refractivity contribution in [2.75, 3.05) is 18.1 Å². The smallest absolute Gasteiger partial charge is 0.435 e. The molecule has 1 amide bonds. The SMILES string of the molecule is CC1(C)Cc2nc(N3CCOc4ccc(-c5c(C(F)(F)F)n[nH]c5-c5ccccc5)cc43)sc2C(=O)N1. The van der Waals surface area contributed by atoms with E-state index in [4.69, 9.17) is 9.72 Å². The monoisotopic (exact) mass is 525 g/mol. The van der Waals surface area contributed by atoms with Crippen LogP contribution in [0.5, 0.6) is 5.75 Å². The first-order valence-corrected chi connectivity index (χ1v) is 12.5. The van der Waals surface area contributed by atoms with Gasteiger partial charge in [0, 0.05) is 23.1 Å². The molecular weight excluding hydrogens is 503 g/mol. The van der Waals surface area contributed by atoms with Crippen LogP contribution < -0.4 is 15.0 Å². The van der Waals surface area contributed by atoms with Crippen LogP contribution in [0, 0.1) is 0 Å². The zero-order valence-corrected chi connectivity index (χ0v) is 20.8. The van der Waals surface area contributed by atoms with Gasteiger partial charge in [-0.05, 0) is 31.5 Å². The number of aromatic amines is 1. The summed E-state index contributed by atoms with van der Waals surface area (Å²) in [6.07, 6.45) is -4.06. The Balaban J connectivity index is 1.47. The molecule has 0 saturated heterocycles. The van der Waals surface area contributed by atoms with Gasteiger partial charge in [0.05, 0.1) is 23.6 Å². The van der Waals surface area contributed by atoms with E-state index in [1.165, 1.54) is 11.3 Å². The highest BCUT2D eigenvalue weighted by molar-refractivity contribution is 7.17. The van der Waals surface area contributed by atoms with Crippen molar-refractivity contribution in [1.29, 1.82) is 0 Å². The zero-order valence-electron chi connectivity index (χ0n) is 19.9. The predicted molar refractivity (Wildman–Crippen MR) is 134 cm³/mol. The molecule has 0 fully saturated rings. The summed E-state index contributed by atoms with van der Waals surface area (Å²) in [5.74, 6) is 0.365. The number of H-pyrrole nitrogens is 1. The Hall–Kier alpha value is -3.86. The number of halogens is 3. The molecule has 190 valence electrons. The number of benzene rings is 2. The predicted octanol–water partition coefficient (Wildman–Crippen LogP) is 5.81. The van der Waals surface area contributed by atoms with Crippen LogP contribution in [-0.2, 0) is 12.6 Å². The first-order valence-electron chi connectivity index (χ1n) is 11.7. The summed E-state index contributed by atoms with van der Waals surface area (Å²) >= 11 is 1.27. The second-order valence-electron chi connectivity index (χ2n) is 9.66. The molecular formula is C26H22F3N5O2S. The first kappa shape index (κ1) is 23.5. The van der Waals surface area contributed by atoms with Gasteiger partial charge in [0.25, 0.3) is 5.91 Å². The normalized spacial score (nSPS) is 16.6. The van der Waals surface area contributed by atoms with Crippen molar-refractivity contribution in [2.24, 2.45) is 0 Å². The van der Waals surface area contributed by atoms with Crippen LogP contribution in [0.3, 0.4) is 0 Å². The van der Waals surface area contributed by atoms with Gasteiger partial charge in [0.15, 0.2) is 10.8 Å². The van der Waals surface area contributed by atoms with Crippen molar-refractivity contribution in [3.05, 3.63) is 64.8 Å². The quantitative estimate of drug-likeness (QED) is 0.353. The summed E-state index contributed by atoms with van der Waals surface area (Å²) in [4.78, 5) is 19.9. The third kappa shape index (κ3) is 4.12. The van der Waals surface area contributed by atoms with Crippen LogP contribution in [0.1, 0.15) is 34.9 Å². The number of nitrogens with zero attached hydrogens (tertiary/aromatic N) is 3. The number of anilines is 2. The summed E-state index contributed by atoms with van der Waals surface area (Å²) in [7, 11) is 0. The van der Waals surface area contributed by atoms with Gasteiger partial charge in [-0.15, -0.1) is 0 Å². The molecule has 2 aromatic heterocycles. The number of carbonyl (C=O) groups excluding carboxylic acids is 1. The lowest BCUT2D eigenvalue weighted by molar-refractivity contribution is -0.140. The number of fused-ring (bicyclic) bond motifs is 2. The molecule has 0 atom stereocenters. The third-order valence-corrected chi connectivity index (χ3v) is 7.51. The molecule has 0 saturated carbocycles. The van der Waals surface area contributed by atoms with E-state index in [2.05, 4.69) is 15.5 Å². The lowest BCUT2D eigenvalue weighted by Gasteiger charge is -2.30. The number of hydrogen-bond donors (Lipinski definition) is 2. The van der Waals surface area contributed by atoms with Crippen molar-refractivity contribution < 1.29 is 22.7 Å². The molecule has 2 N–H and O–H groups in total. The van der Waals surface area contributed by atoms with E-state index >= 15 is 0 Å². The maximum absolute atomic E-state index is 14.0. The van der Waals surface area contributed by atoms with Gasteiger partial charge in [0.1, 0.15) is 17.2 Å². The van der Waals surface area contributed by atoms with Gasteiger partial charge in [-0.25, -0.2) is 4.98 Å². The molecule has 0 radical (unpaired) electrons. The molecule has 2 aliphatic heterocycles. The molecule has 11 heteroatoms. The van der Waals surface area contributed by atoms with E-state index in [1.54, 1.807) is 48.5 Å². The van der Waals surface area contributed by atoms with E-state index in [0.29, 0.717) is 52.1 Å². The van der Waals surface area contributed by atoms with Crippen molar-refractivity contribution in [2.45, 2.75) is 32.0 Å². The fourth-order valence-electron chi connectivity index (χ4n) is 4.79. The minimum atomic E-state index is -4.65. The van der Waals surface area contributed by atoms with Crippen molar-refractivity contribution in [1.82, 2.24) is 20.5 Å². The van der Waals surface area contributed by atoms with Crippen LogP contribution in [0.15, 0.2) is 48.5 Å². The molecule has 2 aliphatic rings. The van der Waals surface area contributed by atoms with Crippen molar-refractivity contribution in [3.63, 3.8) is 0 Å². The second kappa shape index (κ2) is 8.34. The average Bonchev–Trinajstić information content (AvgIpc) is 3.48. The van der Waals surface area contributed by atoms with Gasteiger partial charge in [0.2, 0.25) is 0 Å². The van der Waals surface area contributed by atoms with Crippen LogP contribution in [0.4, 0.5) is 24.0 Å². The number of nitrogens with one attached hydrogen (secondary N) is 2. The largest absolute Gasteiger partial charge is 0.490 e. The Bertz CT molecular complexity index is 1510. The van der Waals surface area contributed by atoms with Gasteiger partial charge in [-0.3, -0.25) is 9.89 Å². The zero-order chi connectivity index (χ0) is 25.9. The van der Waals surface area contributed by atoms with Crippen molar-refractivity contribution in [3.8, 4) is 28.1 Å². The highest BCUT2D eigenvalue weighted by Gasteiger charge is 2.39. The second-order valence-corrected chi connectivity index (χ2v) is 10.6. The molecule has 0 aliphatic carbocycles. The molecule has 6 rings (SSSR count). The molecule has 4 aromatic rings. The number of aromatic nitrogens is 3. The minimum absolute atomic E-state index is 0.0356. The third-order valence-electron chi connectivity index (χ3n) is 6.39. The fraction of sp³-hybridized carbons (Fsp3) is 0.269. The van der Waals surface area contributed by atoms with Gasteiger partial charge in [-0.2, -0.15) is 18.3 Å². The number of amides is 1. The molecule has 0 bridgehead atoms. The number of rotatable bonds is 3. The maximum Gasteiger partial charge on any atom is 0.435 e. The lowest BCUT2D eigenvalue weighted by Crippen LogP contribution is -2.48. The molecule has 0 spiro atoms. The van der Waals surface area contributed by atoms with E-state index in [9.17, 15) is 18.0 Å². The Morgan fingerprint density at radius 2 is 1.89 bits per heavy atom. The van der Waals surface area contributed by atoms with Crippen LogP contribution in [0.25, 0.3) is 22.4 Å². The minimum Gasteiger partial charge on any atom is -0.490 e.